The maximum atomic E-state index is 13.4. The van der Waals surface area contributed by atoms with Gasteiger partial charge in [0.1, 0.15) is 5.82 Å². The molecule has 1 aliphatic heterocycles. The summed E-state index contributed by atoms with van der Waals surface area (Å²) in [7, 11) is 0. The summed E-state index contributed by atoms with van der Waals surface area (Å²) < 4.78 is 13.4. The molecule has 0 bridgehead atoms. The van der Waals surface area contributed by atoms with Crippen molar-refractivity contribution < 1.29 is 4.39 Å². The second kappa shape index (κ2) is 4.62. The number of hydrogen-bond donors (Lipinski definition) is 1. The fourth-order valence-electron chi connectivity index (χ4n) is 1.88. The van der Waals surface area contributed by atoms with E-state index in [-0.39, 0.29) is 5.82 Å². The highest BCUT2D eigenvalue weighted by atomic mass is 19.1. The zero-order valence-corrected chi connectivity index (χ0v) is 9.09. The average molecular weight is 208 g/mol. The number of anilines is 1. The summed E-state index contributed by atoms with van der Waals surface area (Å²) in [5.74, 6) is -0.107. The topological polar surface area (TPSA) is 15.3 Å². The Morgan fingerprint density at radius 2 is 2.13 bits per heavy atom. The largest absolute Gasteiger partial charge is 0.370 e. The SMILES string of the molecule is Cc1ccc(N2CCCNCC2)cc1F. The molecule has 0 aliphatic carbocycles. The van der Waals surface area contributed by atoms with E-state index in [1.807, 2.05) is 12.1 Å². The van der Waals surface area contributed by atoms with Crippen LogP contribution in [-0.2, 0) is 0 Å². The van der Waals surface area contributed by atoms with E-state index in [2.05, 4.69) is 10.2 Å². The first-order valence-electron chi connectivity index (χ1n) is 5.49. The Balaban J connectivity index is 2.16. The molecule has 1 heterocycles. The summed E-state index contributed by atoms with van der Waals surface area (Å²) >= 11 is 0. The van der Waals surface area contributed by atoms with Crippen molar-refractivity contribution in [2.24, 2.45) is 0 Å². The van der Waals surface area contributed by atoms with Gasteiger partial charge in [0.2, 0.25) is 0 Å². The Kier molecular flexibility index (Phi) is 3.21. The molecular formula is C12H17FN2. The lowest BCUT2D eigenvalue weighted by atomic mass is 10.2. The second-order valence-electron chi connectivity index (χ2n) is 4.02. The minimum Gasteiger partial charge on any atom is -0.370 e. The second-order valence-corrected chi connectivity index (χ2v) is 4.02. The van der Waals surface area contributed by atoms with E-state index >= 15 is 0 Å². The molecule has 1 saturated heterocycles. The van der Waals surface area contributed by atoms with Gasteiger partial charge in [-0.3, -0.25) is 0 Å². The van der Waals surface area contributed by atoms with Gasteiger partial charge >= 0.3 is 0 Å². The first-order valence-corrected chi connectivity index (χ1v) is 5.49. The molecule has 1 fully saturated rings. The Morgan fingerprint density at radius 1 is 1.27 bits per heavy atom. The van der Waals surface area contributed by atoms with Gasteiger partial charge in [-0.05, 0) is 37.6 Å². The minimum absolute atomic E-state index is 0.107. The molecule has 3 heteroatoms. The van der Waals surface area contributed by atoms with Crippen molar-refractivity contribution in [2.75, 3.05) is 31.1 Å². The van der Waals surface area contributed by atoms with Gasteiger partial charge in [0.05, 0.1) is 0 Å². The molecule has 2 rings (SSSR count). The molecule has 0 aromatic heterocycles. The van der Waals surface area contributed by atoms with Crippen molar-refractivity contribution >= 4 is 5.69 Å². The van der Waals surface area contributed by atoms with Crippen LogP contribution in [0.15, 0.2) is 18.2 Å². The maximum absolute atomic E-state index is 13.4. The number of rotatable bonds is 1. The van der Waals surface area contributed by atoms with E-state index in [1.165, 1.54) is 0 Å². The highest BCUT2D eigenvalue weighted by molar-refractivity contribution is 5.48. The molecule has 1 aliphatic rings. The third-order valence-corrected chi connectivity index (χ3v) is 2.86. The van der Waals surface area contributed by atoms with Gasteiger partial charge in [-0.1, -0.05) is 6.07 Å². The summed E-state index contributed by atoms with van der Waals surface area (Å²) in [4.78, 5) is 2.24. The fourth-order valence-corrected chi connectivity index (χ4v) is 1.88. The maximum Gasteiger partial charge on any atom is 0.128 e. The molecule has 0 amide bonds. The Morgan fingerprint density at radius 3 is 2.93 bits per heavy atom. The van der Waals surface area contributed by atoms with E-state index < -0.39 is 0 Å². The van der Waals surface area contributed by atoms with E-state index in [4.69, 9.17) is 0 Å². The van der Waals surface area contributed by atoms with E-state index in [1.54, 1.807) is 13.0 Å². The summed E-state index contributed by atoms with van der Waals surface area (Å²) in [6.45, 7) is 5.81. The normalized spacial score (nSPS) is 17.6. The van der Waals surface area contributed by atoms with E-state index in [0.717, 1.165) is 38.3 Å². The first-order chi connectivity index (χ1) is 7.27. The number of hydrogen-bond acceptors (Lipinski definition) is 2. The monoisotopic (exact) mass is 208 g/mol. The van der Waals surface area contributed by atoms with Crippen molar-refractivity contribution in [1.29, 1.82) is 0 Å². The van der Waals surface area contributed by atoms with Crippen LogP contribution in [0.3, 0.4) is 0 Å². The molecule has 0 radical (unpaired) electrons. The van der Waals surface area contributed by atoms with Crippen LogP contribution in [0.4, 0.5) is 10.1 Å². The zero-order valence-electron chi connectivity index (χ0n) is 9.09. The molecule has 0 spiro atoms. The molecule has 0 saturated carbocycles. The molecule has 2 nitrogen and oxygen atoms in total. The van der Waals surface area contributed by atoms with Crippen molar-refractivity contribution in [3.05, 3.63) is 29.6 Å². The zero-order chi connectivity index (χ0) is 10.7. The van der Waals surface area contributed by atoms with Crippen LogP contribution in [0.25, 0.3) is 0 Å². The van der Waals surface area contributed by atoms with Gasteiger partial charge in [0.15, 0.2) is 0 Å². The van der Waals surface area contributed by atoms with Crippen LogP contribution in [0, 0.1) is 12.7 Å². The Bertz CT molecular complexity index is 330. The molecular weight excluding hydrogens is 191 g/mol. The van der Waals surface area contributed by atoms with E-state index in [9.17, 15) is 4.39 Å². The van der Waals surface area contributed by atoms with Crippen LogP contribution in [-0.4, -0.2) is 26.2 Å². The van der Waals surface area contributed by atoms with Gasteiger partial charge < -0.3 is 10.2 Å². The van der Waals surface area contributed by atoms with E-state index in [0.29, 0.717) is 5.56 Å². The molecule has 15 heavy (non-hydrogen) atoms. The number of nitrogens with one attached hydrogen (secondary N) is 1. The summed E-state index contributed by atoms with van der Waals surface area (Å²) in [5.41, 5.74) is 1.72. The lowest BCUT2D eigenvalue weighted by molar-refractivity contribution is 0.617. The number of aryl methyl sites for hydroxylation is 1. The summed E-state index contributed by atoms with van der Waals surface area (Å²) in [6.07, 6.45) is 1.12. The smallest absolute Gasteiger partial charge is 0.128 e. The van der Waals surface area contributed by atoms with Crippen molar-refractivity contribution in [1.82, 2.24) is 5.32 Å². The van der Waals surface area contributed by atoms with Gasteiger partial charge in [-0.2, -0.15) is 0 Å². The number of nitrogens with zero attached hydrogens (tertiary/aromatic N) is 1. The van der Waals surface area contributed by atoms with Crippen LogP contribution >= 0.6 is 0 Å². The number of benzene rings is 1. The van der Waals surface area contributed by atoms with Gasteiger partial charge in [0, 0.05) is 25.3 Å². The lowest BCUT2D eigenvalue weighted by Crippen LogP contribution is -2.27. The summed E-state index contributed by atoms with van der Waals surface area (Å²) in [6, 6.07) is 5.49. The molecule has 1 aromatic rings. The molecule has 1 aromatic carbocycles. The quantitative estimate of drug-likeness (QED) is 0.758. The van der Waals surface area contributed by atoms with Crippen LogP contribution in [0.5, 0.6) is 0 Å². The standard InChI is InChI=1S/C12H17FN2/c1-10-3-4-11(9-12(10)13)15-7-2-5-14-6-8-15/h3-4,9,14H,2,5-8H2,1H3. The first kappa shape index (κ1) is 10.4. The molecule has 0 unspecified atom stereocenters. The van der Waals surface area contributed by atoms with Gasteiger partial charge in [-0.25, -0.2) is 4.39 Å². The highest BCUT2D eigenvalue weighted by Crippen LogP contribution is 2.18. The van der Waals surface area contributed by atoms with Crippen LogP contribution < -0.4 is 10.2 Å². The third-order valence-electron chi connectivity index (χ3n) is 2.86. The number of halogens is 1. The van der Waals surface area contributed by atoms with Crippen molar-refractivity contribution in [2.45, 2.75) is 13.3 Å². The van der Waals surface area contributed by atoms with Crippen LogP contribution in [0.2, 0.25) is 0 Å². The predicted molar refractivity (Wildman–Crippen MR) is 60.8 cm³/mol. The molecule has 0 atom stereocenters. The van der Waals surface area contributed by atoms with Gasteiger partial charge in [0.25, 0.3) is 0 Å². The Hall–Kier alpha value is -1.09. The minimum atomic E-state index is -0.107. The predicted octanol–water partition coefficient (Wildman–Crippen LogP) is 1.93. The third kappa shape index (κ3) is 2.48. The Labute approximate surface area is 90.1 Å². The molecule has 82 valence electrons. The lowest BCUT2D eigenvalue weighted by Gasteiger charge is -2.22. The highest BCUT2D eigenvalue weighted by Gasteiger charge is 2.10. The average Bonchev–Trinajstić information content (AvgIpc) is 2.50. The summed E-state index contributed by atoms with van der Waals surface area (Å²) in [5, 5.41) is 3.34. The molecule has 1 N–H and O–H groups in total. The van der Waals surface area contributed by atoms with Crippen molar-refractivity contribution in [3.63, 3.8) is 0 Å². The fraction of sp³-hybridized carbons (Fsp3) is 0.500. The van der Waals surface area contributed by atoms with Crippen molar-refractivity contribution in [3.8, 4) is 0 Å². The van der Waals surface area contributed by atoms with Crippen LogP contribution in [0.1, 0.15) is 12.0 Å². The van der Waals surface area contributed by atoms with Gasteiger partial charge in [-0.15, -0.1) is 0 Å².